The lowest BCUT2D eigenvalue weighted by atomic mass is 10.1. The fourth-order valence-electron chi connectivity index (χ4n) is 1.99. The van der Waals surface area contributed by atoms with Crippen LogP contribution in [0.4, 0.5) is 0 Å². The van der Waals surface area contributed by atoms with Gasteiger partial charge < -0.3 is 15.2 Å². The first-order valence-electron chi connectivity index (χ1n) is 5.95. The highest BCUT2D eigenvalue weighted by atomic mass is 16.5. The maximum atomic E-state index is 9.60. The van der Waals surface area contributed by atoms with Crippen molar-refractivity contribution in [2.24, 2.45) is 0 Å². The summed E-state index contributed by atoms with van der Waals surface area (Å²) in [7, 11) is 0. The predicted octanol–water partition coefficient (Wildman–Crippen LogP) is 2.05. The van der Waals surface area contributed by atoms with Gasteiger partial charge in [-0.2, -0.15) is 0 Å². The van der Waals surface area contributed by atoms with Crippen LogP contribution in [0.15, 0.2) is 24.3 Å². The molecule has 1 atom stereocenters. The van der Waals surface area contributed by atoms with Gasteiger partial charge in [-0.05, 0) is 38.4 Å². The molecule has 1 saturated heterocycles. The molecule has 1 aliphatic heterocycles. The van der Waals surface area contributed by atoms with Crippen molar-refractivity contribution in [3.8, 4) is 5.75 Å². The van der Waals surface area contributed by atoms with Crippen LogP contribution in [0.3, 0.4) is 0 Å². The van der Waals surface area contributed by atoms with E-state index in [4.69, 9.17) is 4.74 Å². The maximum absolute atomic E-state index is 9.60. The van der Waals surface area contributed by atoms with Crippen molar-refractivity contribution in [3.63, 3.8) is 0 Å². The highest BCUT2D eigenvalue weighted by molar-refractivity contribution is 5.30. The van der Waals surface area contributed by atoms with Crippen molar-refractivity contribution in [2.45, 2.75) is 32.0 Å². The van der Waals surface area contributed by atoms with Crippen LogP contribution in [0.2, 0.25) is 0 Å². The number of hydrogen-bond donors (Lipinski definition) is 2. The van der Waals surface area contributed by atoms with Crippen molar-refractivity contribution in [2.75, 3.05) is 13.1 Å². The molecule has 88 valence electrons. The highest BCUT2D eigenvalue weighted by Crippen LogP contribution is 2.19. The van der Waals surface area contributed by atoms with Crippen LogP contribution < -0.4 is 5.32 Å². The highest BCUT2D eigenvalue weighted by Gasteiger charge is 2.12. The lowest BCUT2D eigenvalue weighted by Gasteiger charge is -2.15. The summed E-state index contributed by atoms with van der Waals surface area (Å²) in [6.45, 7) is 2.64. The zero-order chi connectivity index (χ0) is 11.2. The van der Waals surface area contributed by atoms with E-state index >= 15 is 0 Å². The normalized spacial score (nSPS) is 21.6. The van der Waals surface area contributed by atoms with Gasteiger partial charge >= 0.3 is 0 Å². The molecule has 1 unspecified atom stereocenters. The van der Waals surface area contributed by atoms with E-state index in [2.05, 4.69) is 5.32 Å². The maximum Gasteiger partial charge on any atom is 0.121 e. The van der Waals surface area contributed by atoms with E-state index in [1.807, 2.05) is 18.2 Å². The van der Waals surface area contributed by atoms with E-state index in [-0.39, 0.29) is 0 Å². The molecule has 0 amide bonds. The second-order valence-corrected chi connectivity index (χ2v) is 4.24. The summed E-state index contributed by atoms with van der Waals surface area (Å²) in [5, 5.41) is 13.0. The Hall–Kier alpha value is -1.06. The molecule has 1 aromatic carbocycles. The Labute approximate surface area is 96.4 Å². The minimum atomic E-state index is 0.328. The Morgan fingerprint density at radius 2 is 2.12 bits per heavy atom. The number of phenolic OH excluding ortho intramolecular Hbond substituents is 1. The molecule has 0 saturated carbocycles. The number of ether oxygens (including phenoxy) is 1. The minimum absolute atomic E-state index is 0.328. The molecule has 2 N–H and O–H groups in total. The Kier molecular flexibility index (Phi) is 4.19. The molecule has 1 aromatic rings. The molecule has 2 rings (SSSR count). The Bertz CT molecular complexity index is 319. The number of rotatable bonds is 3. The molecule has 1 fully saturated rings. The van der Waals surface area contributed by atoms with Crippen LogP contribution in [0.1, 0.15) is 24.8 Å². The number of para-hydroxylation sites is 1. The second kappa shape index (κ2) is 5.87. The van der Waals surface area contributed by atoms with E-state index in [9.17, 15) is 5.11 Å². The van der Waals surface area contributed by atoms with Gasteiger partial charge in [0.25, 0.3) is 0 Å². The molecule has 1 heterocycles. The van der Waals surface area contributed by atoms with Gasteiger partial charge in [0, 0.05) is 5.56 Å². The van der Waals surface area contributed by atoms with Crippen LogP contribution in [0.5, 0.6) is 5.75 Å². The number of phenols is 1. The van der Waals surface area contributed by atoms with Crippen molar-refractivity contribution >= 4 is 0 Å². The Morgan fingerprint density at radius 3 is 3.00 bits per heavy atom. The molecule has 0 radical (unpaired) electrons. The zero-order valence-electron chi connectivity index (χ0n) is 9.48. The van der Waals surface area contributed by atoms with Gasteiger partial charge in [0.1, 0.15) is 5.75 Å². The summed E-state index contributed by atoms with van der Waals surface area (Å²) >= 11 is 0. The predicted molar refractivity (Wildman–Crippen MR) is 63.4 cm³/mol. The fourth-order valence-corrected chi connectivity index (χ4v) is 1.99. The van der Waals surface area contributed by atoms with E-state index in [0.29, 0.717) is 18.5 Å². The number of benzene rings is 1. The lowest BCUT2D eigenvalue weighted by Crippen LogP contribution is -2.17. The molecular formula is C13H19NO2. The van der Waals surface area contributed by atoms with E-state index < -0.39 is 0 Å². The van der Waals surface area contributed by atoms with Crippen molar-refractivity contribution in [1.82, 2.24) is 5.32 Å². The molecule has 3 heteroatoms. The summed E-state index contributed by atoms with van der Waals surface area (Å²) in [6, 6.07) is 7.36. The van der Waals surface area contributed by atoms with Gasteiger partial charge in [-0.1, -0.05) is 18.2 Å². The van der Waals surface area contributed by atoms with E-state index in [1.165, 1.54) is 6.42 Å². The third kappa shape index (κ3) is 3.22. The first-order chi connectivity index (χ1) is 7.86. The Balaban J connectivity index is 1.84. The first-order valence-corrected chi connectivity index (χ1v) is 5.95. The van der Waals surface area contributed by atoms with Crippen molar-refractivity contribution < 1.29 is 9.84 Å². The summed E-state index contributed by atoms with van der Waals surface area (Å²) in [5.41, 5.74) is 0.875. The first kappa shape index (κ1) is 11.4. The fraction of sp³-hybridized carbons (Fsp3) is 0.538. The average molecular weight is 221 g/mol. The SMILES string of the molecule is Oc1ccccc1COC1CCCNCC1. The van der Waals surface area contributed by atoms with Crippen molar-refractivity contribution in [1.29, 1.82) is 0 Å². The topological polar surface area (TPSA) is 41.5 Å². The smallest absolute Gasteiger partial charge is 0.121 e. The minimum Gasteiger partial charge on any atom is -0.508 e. The summed E-state index contributed by atoms with van der Waals surface area (Å²) in [6.07, 6.45) is 3.68. The van der Waals surface area contributed by atoms with Gasteiger partial charge in [0.05, 0.1) is 12.7 Å². The second-order valence-electron chi connectivity index (χ2n) is 4.24. The standard InChI is InChI=1S/C13H19NO2/c15-13-6-2-1-4-11(13)10-16-12-5-3-8-14-9-7-12/h1-2,4,6,12,14-15H,3,5,7-10H2. The molecule has 0 spiro atoms. The number of nitrogens with one attached hydrogen (secondary N) is 1. The largest absolute Gasteiger partial charge is 0.508 e. The number of hydrogen-bond acceptors (Lipinski definition) is 3. The third-order valence-corrected chi connectivity index (χ3v) is 2.99. The van der Waals surface area contributed by atoms with Gasteiger partial charge in [-0.3, -0.25) is 0 Å². The molecule has 0 bridgehead atoms. The van der Waals surface area contributed by atoms with Crippen LogP contribution in [-0.2, 0) is 11.3 Å². The third-order valence-electron chi connectivity index (χ3n) is 2.99. The monoisotopic (exact) mass is 221 g/mol. The number of aromatic hydroxyl groups is 1. The van der Waals surface area contributed by atoms with Crippen LogP contribution in [0, 0.1) is 0 Å². The molecule has 3 nitrogen and oxygen atoms in total. The zero-order valence-corrected chi connectivity index (χ0v) is 9.48. The van der Waals surface area contributed by atoms with Crippen LogP contribution in [-0.4, -0.2) is 24.3 Å². The molecule has 16 heavy (non-hydrogen) atoms. The average Bonchev–Trinajstić information content (AvgIpc) is 2.56. The van der Waals surface area contributed by atoms with Crippen LogP contribution in [0.25, 0.3) is 0 Å². The summed E-state index contributed by atoms with van der Waals surface area (Å²) in [4.78, 5) is 0. The lowest BCUT2D eigenvalue weighted by molar-refractivity contribution is 0.0321. The molecular weight excluding hydrogens is 202 g/mol. The molecule has 1 aliphatic rings. The quantitative estimate of drug-likeness (QED) is 0.820. The van der Waals surface area contributed by atoms with Crippen LogP contribution >= 0.6 is 0 Å². The van der Waals surface area contributed by atoms with E-state index in [1.54, 1.807) is 6.07 Å². The Morgan fingerprint density at radius 1 is 1.25 bits per heavy atom. The molecule has 0 aliphatic carbocycles. The van der Waals surface area contributed by atoms with Gasteiger partial charge in [-0.15, -0.1) is 0 Å². The van der Waals surface area contributed by atoms with E-state index in [0.717, 1.165) is 31.5 Å². The molecule has 0 aromatic heterocycles. The summed E-state index contributed by atoms with van der Waals surface area (Å²) < 4.78 is 5.83. The van der Waals surface area contributed by atoms with Gasteiger partial charge in [0.2, 0.25) is 0 Å². The van der Waals surface area contributed by atoms with Gasteiger partial charge in [0.15, 0.2) is 0 Å². The van der Waals surface area contributed by atoms with Gasteiger partial charge in [-0.25, -0.2) is 0 Å². The summed E-state index contributed by atoms with van der Waals surface area (Å²) in [5.74, 6) is 0.328. The van der Waals surface area contributed by atoms with Crippen molar-refractivity contribution in [3.05, 3.63) is 29.8 Å².